The zero-order valence-corrected chi connectivity index (χ0v) is 13.4. The van der Waals surface area contributed by atoms with Gasteiger partial charge in [0.05, 0.1) is 10.6 Å². The number of benzene rings is 1. The number of carboxylic acid groups (broad SMARTS) is 1. The maximum Gasteiger partial charge on any atom is 0.348 e. The highest BCUT2D eigenvalue weighted by atomic mass is 32.2. The van der Waals surface area contributed by atoms with E-state index in [1.807, 2.05) is 0 Å². The zero-order chi connectivity index (χ0) is 15.9. The van der Waals surface area contributed by atoms with E-state index in [2.05, 4.69) is 0 Å². The third kappa shape index (κ3) is 2.47. The van der Waals surface area contributed by atoms with E-state index in [0.29, 0.717) is 23.2 Å². The molecule has 0 spiro atoms. The molecule has 0 bridgehead atoms. The van der Waals surface area contributed by atoms with Gasteiger partial charge in [0.1, 0.15) is 4.88 Å². The molecule has 1 fully saturated rings. The normalized spacial score (nSPS) is 16.9. The van der Waals surface area contributed by atoms with Gasteiger partial charge in [-0.1, -0.05) is 6.42 Å². The molecule has 1 saturated heterocycles. The number of rotatable bonds is 3. The van der Waals surface area contributed by atoms with Crippen molar-refractivity contribution < 1.29 is 18.3 Å². The Morgan fingerprint density at radius 2 is 1.91 bits per heavy atom. The van der Waals surface area contributed by atoms with E-state index >= 15 is 0 Å². The fraction of sp³-hybridized carbons (Fsp3) is 0.357. The van der Waals surface area contributed by atoms with Gasteiger partial charge in [-0.05, 0) is 31.0 Å². The Balaban J connectivity index is 2.08. The summed E-state index contributed by atoms with van der Waals surface area (Å²) in [5.74, 6) is -1.10. The summed E-state index contributed by atoms with van der Waals surface area (Å²) in [5, 5.41) is 9.59. The lowest BCUT2D eigenvalue weighted by Gasteiger charge is -2.25. The molecule has 0 unspecified atom stereocenters. The van der Waals surface area contributed by atoms with Crippen LogP contribution < -0.4 is 5.73 Å². The number of thiophene rings is 1. The van der Waals surface area contributed by atoms with Crippen LogP contribution in [0.5, 0.6) is 0 Å². The summed E-state index contributed by atoms with van der Waals surface area (Å²) in [6.45, 7) is 1.06. The first-order valence-corrected chi connectivity index (χ1v) is 9.22. The molecule has 2 heterocycles. The van der Waals surface area contributed by atoms with Crippen molar-refractivity contribution >= 4 is 43.1 Å². The van der Waals surface area contributed by atoms with Crippen LogP contribution in [0.3, 0.4) is 0 Å². The van der Waals surface area contributed by atoms with Crippen molar-refractivity contribution in [2.45, 2.75) is 24.2 Å². The molecule has 0 aliphatic carbocycles. The predicted octanol–water partition coefficient (Wildman–Crippen LogP) is 2.36. The van der Waals surface area contributed by atoms with Crippen molar-refractivity contribution in [3.05, 3.63) is 23.1 Å². The van der Waals surface area contributed by atoms with Gasteiger partial charge in [0, 0.05) is 23.2 Å². The van der Waals surface area contributed by atoms with Crippen LogP contribution in [-0.2, 0) is 10.0 Å². The number of sulfonamides is 1. The molecule has 1 aromatic heterocycles. The first kappa shape index (κ1) is 15.3. The number of carbonyl (C=O) groups is 1. The fourth-order valence-electron chi connectivity index (χ4n) is 2.67. The average molecular weight is 340 g/mol. The van der Waals surface area contributed by atoms with Crippen molar-refractivity contribution in [2.24, 2.45) is 0 Å². The minimum Gasteiger partial charge on any atom is -0.477 e. The van der Waals surface area contributed by atoms with Gasteiger partial charge in [-0.2, -0.15) is 4.31 Å². The summed E-state index contributed by atoms with van der Waals surface area (Å²) in [6, 6.07) is 4.63. The molecular formula is C14H16N2O4S2. The lowest BCUT2D eigenvalue weighted by molar-refractivity contribution is 0.0703. The molecular weight excluding hydrogens is 324 g/mol. The van der Waals surface area contributed by atoms with Crippen LogP contribution in [-0.4, -0.2) is 36.9 Å². The Morgan fingerprint density at radius 3 is 2.55 bits per heavy atom. The van der Waals surface area contributed by atoms with Crippen LogP contribution >= 0.6 is 11.3 Å². The second-order valence-electron chi connectivity index (χ2n) is 5.27. The van der Waals surface area contributed by atoms with Gasteiger partial charge in [0.25, 0.3) is 0 Å². The maximum atomic E-state index is 12.7. The second kappa shape index (κ2) is 5.53. The molecule has 22 heavy (non-hydrogen) atoms. The summed E-state index contributed by atoms with van der Waals surface area (Å²) in [4.78, 5) is 11.3. The Bertz CT molecular complexity index is 836. The molecule has 1 aromatic carbocycles. The number of nitrogens with two attached hydrogens (primary N) is 1. The number of hydrogen-bond donors (Lipinski definition) is 2. The molecule has 1 aliphatic rings. The Kier molecular flexibility index (Phi) is 3.84. The average Bonchev–Trinajstić information content (AvgIpc) is 2.85. The molecule has 0 saturated carbocycles. The third-order valence-corrected chi connectivity index (χ3v) is 6.91. The van der Waals surface area contributed by atoms with Crippen molar-refractivity contribution in [3.63, 3.8) is 0 Å². The van der Waals surface area contributed by atoms with E-state index in [0.717, 1.165) is 30.6 Å². The quantitative estimate of drug-likeness (QED) is 0.893. The van der Waals surface area contributed by atoms with Crippen LogP contribution in [0.2, 0.25) is 0 Å². The van der Waals surface area contributed by atoms with Crippen molar-refractivity contribution in [2.75, 3.05) is 18.8 Å². The highest BCUT2D eigenvalue weighted by Crippen LogP contribution is 2.35. The molecule has 6 nitrogen and oxygen atoms in total. The van der Waals surface area contributed by atoms with Crippen LogP contribution in [0.25, 0.3) is 10.1 Å². The van der Waals surface area contributed by atoms with Crippen molar-refractivity contribution in [1.82, 2.24) is 4.31 Å². The Labute approximate surface area is 132 Å². The molecule has 3 rings (SSSR count). The summed E-state index contributed by atoms with van der Waals surface area (Å²) in [6.07, 6.45) is 2.78. The summed E-state index contributed by atoms with van der Waals surface area (Å²) < 4.78 is 27.5. The molecule has 3 N–H and O–H groups in total. The first-order valence-electron chi connectivity index (χ1n) is 6.97. The van der Waals surface area contributed by atoms with Crippen LogP contribution in [0, 0.1) is 0 Å². The standard InChI is InChI=1S/C14H16N2O4S2/c15-12-10-8-9(4-5-11(10)21-13(12)14(17)18)22(19,20)16-6-2-1-3-7-16/h4-5,8H,1-3,6-7,15H2,(H,17,18). The second-order valence-corrected chi connectivity index (χ2v) is 8.26. The SMILES string of the molecule is Nc1c(C(=O)O)sc2ccc(S(=O)(=O)N3CCCCC3)cc12. The molecule has 118 valence electrons. The molecule has 2 aromatic rings. The van der Waals surface area contributed by atoms with Gasteiger partial charge in [-0.15, -0.1) is 11.3 Å². The van der Waals surface area contributed by atoms with E-state index in [4.69, 9.17) is 10.8 Å². The highest BCUT2D eigenvalue weighted by Gasteiger charge is 2.27. The molecule has 1 aliphatic heterocycles. The number of nitrogens with zero attached hydrogens (tertiary/aromatic N) is 1. The van der Waals surface area contributed by atoms with Crippen LogP contribution in [0.4, 0.5) is 5.69 Å². The Morgan fingerprint density at radius 1 is 1.23 bits per heavy atom. The van der Waals surface area contributed by atoms with Gasteiger partial charge < -0.3 is 10.8 Å². The highest BCUT2D eigenvalue weighted by molar-refractivity contribution is 7.89. The van der Waals surface area contributed by atoms with E-state index in [-0.39, 0.29) is 15.5 Å². The van der Waals surface area contributed by atoms with E-state index < -0.39 is 16.0 Å². The van der Waals surface area contributed by atoms with Crippen LogP contribution in [0.1, 0.15) is 28.9 Å². The topological polar surface area (TPSA) is 101 Å². The number of anilines is 1. The summed E-state index contributed by atoms with van der Waals surface area (Å²) >= 11 is 1.05. The fourth-order valence-corrected chi connectivity index (χ4v) is 5.16. The predicted molar refractivity (Wildman–Crippen MR) is 85.8 cm³/mol. The summed E-state index contributed by atoms with van der Waals surface area (Å²) in [7, 11) is -3.55. The lowest BCUT2D eigenvalue weighted by Crippen LogP contribution is -2.35. The van der Waals surface area contributed by atoms with Crippen molar-refractivity contribution in [3.8, 4) is 0 Å². The van der Waals surface area contributed by atoms with E-state index in [1.165, 1.54) is 16.4 Å². The number of piperidine rings is 1. The molecule has 0 amide bonds. The number of aromatic carboxylic acids is 1. The van der Waals surface area contributed by atoms with Gasteiger partial charge >= 0.3 is 5.97 Å². The molecule has 0 radical (unpaired) electrons. The first-order chi connectivity index (χ1) is 10.4. The summed E-state index contributed by atoms with van der Waals surface area (Å²) in [5.41, 5.74) is 5.98. The van der Waals surface area contributed by atoms with Crippen molar-refractivity contribution in [1.29, 1.82) is 0 Å². The Hall–Kier alpha value is -1.64. The van der Waals surface area contributed by atoms with E-state index in [9.17, 15) is 13.2 Å². The molecule has 0 atom stereocenters. The molecule has 8 heteroatoms. The third-order valence-electron chi connectivity index (χ3n) is 3.84. The van der Waals surface area contributed by atoms with E-state index in [1.54, 1.807) is 6.07 Å². The zero-order valence-electron chi connectivity index (χ0n) is 11.8. The largest absolute Gasteiger partial charge is 0.477 e. The number of hydrogen-bond acceptors (Lipinski definition) is 5. The maximum absolute atomic E-state index is 12.7. The minimum atomic E-state index is -3.55. The minimum absolute atomic E-state index is 0.0440. The monoisotopic (exact) mass is 340 g/mol. The number of carboxylic acids is 1. The van der Waals surface area contributed by atoms with Gasteiger partial charge in [0.15, 0.2) is 0 Å². The van der Waals surface area contributed by atoms with Gasteiger partial charge in [0.2, 0.25) is 10.0 Å². The van der Waals surface area contributed by atoms with Gasteiger partial charge in [-0.3, -0.25) is 0 Å². The lowest BCUT2D eigenvalue weighted by atomic mass is 10.2. The smallest absolute Gasteiger partial charge is 0.348 e. The number of nitrogen functional groups attached to an aromatic ring is 1. The van der Waals surface area contributed by atoms with Crippen LogP contribution in [0.15, 0.2) is 23.1 Å². The number of fused-ring (bicyclic) bond motifs is 1. The van der Waals surface area contributed by atoms with Gasteiger partial charge in [-0.25, -0.2) is 13.2 Å².